The SMILES string of the molecule is c1ccc(-c2nc(-c3ccc(-n4c5cccc6c5c5c4ccc4c7ccccc7n6c45)cc3)nc3ccccc23)cc1. The maximum atomic E-state index is 5.07. The first-order valence-electron chi connectivity index (χ1n) is 14.3. The minimum atomic E-state index is 0.732. The first-order chi connectivity index (χ1) is 20.8. The van der Waals surface area contributed by atoms with Crippen molar-refractivity contribution >= 4 is 60.0 Å². The summed E-state index contributed by atoms with van der Waals surface area (Å²) in [6, 6.07) is 47.3. The third-order valence-electron chi connectivity index (χ3n) is 8.84. The Morgan fingerprint density at radius 3 is 2.02 bits per heavy atom. The third kappa shape index (κ3) is 2.76. The molecule has 4 heteroatoms. The van der Waals surface area contributed by atoms with Crippen LogP contribution >= 0.6 is 0 Å². The lowest BCUT2D eigenvalue weighted by atomic mass is 10.1. The van der Waals surface area contributed by atoms with Crippen molar-refractivity contribution in [2.75, 3.05) is 0 Å². The van der Waals surface area contributed by atoms with Gasteiger partial charge in [-0.2, -0.15) is 0 Å². The van der Waals surface area contributed by atoms with E-state index in [-0.39, 0.29) is 0 Å². The van der Waals surface area contributed by atoms with Crippen molar-refractivity contribution in [3.63, 3.8) is 0 Å². The van der Waals surface area contributed by atoms with Crippen molar-refractivity contribution < 1.29 is 0 Å². The van der Waals surface area contributed by atoms with E-state index < -0.39 is 0 Å². The number of nitrogens with zero attached hydrogens (tertiary/aromatic N) is 4. The van der Waals surface area contributed by atoms with E-state index in [1.807, 2.05) is 18.2 Å². The molecular weight excluding hydrogens is 512 g/mol. The highest BCUT2D eigenvalue weighted by Crippen LogP contribution is 2.46. The Bertz CT molecular complexity index is 2610. The summed E-state index contributed by atoms with van der Waals surface area (Å²) in [5, 5.41) is 6.34. The minimum absolute atomic E-state index is 0.732. The lowest BCUT2D eigenvalue weighted by molar-refractivity contribution is 1.17. The molecule has 0 atom stereocenters. The van der Waals surface area contributed by atoms with Gasteiger partial charge < -0.3 is 8.97 Å². The van der Waals surface area contributed by atoms with Crippen molar-refractivity contribution in [2.45, 2.75) is 0 Å². The van der Waals surface area contributed by atoms with Crippen molar-refractivity contribution in [3.05, 3.63) is 133 Å². The Labute approximate surface area is 240 Å². The lowest BCUT2D eigenvalue weighted by Crippen LogP contribution is -1.97. The molecule has 0 N–H and O–H groups in total. The van der Waals surface area contributed by atoms with Gasteiger partial charge in [0.1, 0.15) is 0 Å². The number of hydrogen-bond acceptors (Lipinski definition) is 2. The second-order valence-electron chi connectivity index (χ2n) is 11.0. The van der Waals surface area contributed by atoms with Gasteiger partial charge in [0.05, 0.1) is 38.8 Å². The molecule has 0 aliphatic carbocycles. The maximum Gasteiger partial charge on any atom is 0.160 e. The van der Waals surface area contributed by atoms with E-state index in [9.17, 15) is 0 Å². The van der Waals surface area contributed by atoms with Gasteiger partial charge in [0, 0.05) is 43.7 Å². The van der Waals surface area contributed by atoms with Gasteiger partial charge in [-0.3, -0.25) is 0 Å². The van der Waals surface area contributed by atoms with E-state index in [2.05, 4.69) is 124 Å². The van der Waals surface area contributed by atoms with Crippen LogP contribution in [-0.2, 0) is 0 Å². The Morgan fingerprint density at radius 1 is 0.429 bits per heavy atom. The summed E-state index contributed by atoms with van der Waals surface area (Å²) in [5.41, 5.74) is 11.4. The van der Waals surface area contributed by atoms with Crippen LogP contribution in [0.1, 0.15) is 0 Å². The summed E-state index contributed by atoms with van der Waals surface area (Å²) in [7, 11) is 0. The molecule has 10 rings (SSSR count). The van der Waals surface area contributed by atoms with Crippen LogP contribution in [0, 0.1) is 0 Å². The molecule has 0 unspecified atom stereocenters. The zero-order valence-corrected chi connectivity index (χ0v) is 22.5. The molecule has 4 heterocycles. The molecule has 10 aromatic rings. The highest BCUT2D eigenvalue weighted by Gasteiger charge is 2.24. The Kier molecular flexibility index (Phi) is 4.15. The Balaban J connectivity index is 1.18. The highest BCUT2D eigenvalue weighted by molar-refractivity contribution is 6.32. The Hall–Kier alpha value is -5.74. The van der Waals surface area contributed by atoms with E-state index in [0.717, 1.165) is 39.2 Å². The molecule has 0 bridgehead atoms. The average Bonchev–Trinajstić information content (AvgIpc) is 3.70. The first-order valence-corrected chi connectivity index (χ1v) is 14.3. The van der Waals surface area contributed by atoms with Gasteiger partial charge >= 0.3 is 0 Å². The average molecular weight is 535 g/mol. The predicted molar refractivity (Wildman–Crippen MR) is 173 cm³/mol. The number of rotatable bonds is 3. The quantitative estimate of drug-likeness (QED) is 0.226. The van der Waals surface area contributed by atoms with Crippen molar-refractivity contribution in [1.29, 1.82) is 0 Å². The van der Waals surface area contributed by atoms with Crippen molar-refractivity contribution in [1.82, 2.24) is 18.9 Å². The van der Waals surface area contributed by atoms with Crippen LogP contribution in [0.2, 0.25) is 0 Å². The van der Waals surface area contributed by atoms with Crippen LogP contribution in [0.5, 0.6) is 0 Å². The normalized spacial score (nSPS) is 12.3. The fraction of sp³-hybridized carbons (Fsp3) is 0. The van der Waals surface area contributed by atoms with Crippen LogP contribution in [0.25, 0.3) is 88.4 Å². The van der Waals surface area contributed by atoms with Gasteiger partial charge in [-0.25, -0.2) is 9.97 Å². The van der Waals surface area contributed by atoms with Crippen LogP contribution in [0.4, 0.5) is 0 Å². The number of hydrogen-bond donors (Lipinski definition) is 0. The predicted octanol–water partition coefficient (Wildman–Crippen LogP) is 9.50. The largest absolute Gasteiger partial charge is 0.309 e. The summed E-state index contributed by atoms with van der Waals surface area (Å²) in [6.45, 7) is 0. The monoisotopic (exact) mass is 534 g/mol. The number of fused-ring (bicyclic) bond motifs is 5. The first kappa shape index (κ1) is 22.0. The molecule has 0 radical (unpaired) electrons. The second kappa shape index (κ2) is 7.93. The van der Waals surface area contributed by atoms with E-state index >= 15 is 0 Å². The summed E-state index contributed by atoms with van der Waals surface area (Å²) in [5.74, 6) is 0.732. The maximum absolute atomic E-state index is 5.07. The summed E-state index contributed by atoms with van der Waals surface area (Å²) in [4.78, 5) is 10.0. The molecule has 0 aliphatic rings. The van der Waals surface area contributed by atoms with Crippen LogP contribution in [-0.4, -0.2) is 18.9 Å². The van der Waals surface area contributed by atoms with Crippen LogP contribution in [0.15, 0.2) is 133 Å². The molecule has 0 spiro atoms. The standard InChI is InChI=1S/C38H22N4/c1-2-9-23(10-3-1)36-28-12-4-6-13-29(28)39-38(40-36)24-17-19-25(20-18-24)41-31-15-8-16-32-34(31)35-33(41)22-21-27-26-11-5-7-14-30(26)42(32)37(27)35/h1-22H. The molecule has 6 aromatic carbocycles. The number of benzene rings is 6. The molecule has 4 aromatic heterocycles. The van der Waals surface area contributed by atoms with Gasteiger partial charge in [-0.1, -0.05) is 78.9 Å². The lowest BCUT2D eigenvalue weighted by Gasteiger charge is -2.11. The van der Waals surface area contributed by atoms with Gasteiger partial charge in [0.15, 0.2) is 5.82 Å². The Morgan fingerprint density at radius 2 is 1.14 bits per heavy atom. The van der Waals surface area contributed by atoms with E-state index in [4.69, 9.17) is 9.97 Å². The molecule has 0 saturated carbocycles. The summed E-state index contributed by atoms with van der Waals surface area (Å²) in [6.07, 6.45) is 0. The summed E-state index contributed by atoms with van der Waals surface area (Å²) >= 11 is 0. The van der Waals surface area contributed by atoms with Crippen LogP contribution in [0.3, 0.4) is 0 Å². The topological polar surface area (TPSA) is 35.1 Å². The second-order valence-corrected chi connectivity index (χ2v) is 11.0. The van der Waals surface area contributed by atoms with Gasteiger partial charge in [0.2, 0.25) is 0 Å². The van der Waals surface area contributed by atoms with Gasteiger partial charge in [-0.15, -0.1) is 0 Å². The minimum Gasteiger partial charge on any atom is -0.309 e. The molecule has 4 nitrogen and oxygen atoms in total. The van der Waals surface area contributed by atoms with Crippen LogP contribution < -0.4 is 0 Å². The molecule has 42 heavy (non-hydrogen) atoms. The van der Waals surface area contributed by atoms with Crippen molar-refractivity contribution in [2.24, 2.45) is 0 Å². The number of para-hydroxylation sites is 2. The molecule has 0 saturated heterocycles. The van der Waals surface area contributed by atoms with Gasteiger partial charge in [-0.05, 0) is 54.6 Å². The summed E-state index contributed by atoms with van der Waals surface area (Å²) < 4.78 is 4.85. The zero-order valence-electron chi connectivity index (χ0n) is 22.5. The molecule has 0 aliphatic heterocycles. The third-order valence-corrected chi connectivity index (χ3v) is 8.84. The smallest absolute Gasteiger partial charge is 0.160 e. The fourth-order valence-corrected chi connectivity index (χ4v) is 7.08. The molecule has 194 valence electrons. The highest BCUT2D eigenvalue weighted by atomic mass is 15.0. The number of aromatic nitrogens is 4. The molecule has 0 amide bonds. The van der Waals surface area contributed by atoms with E-state index in [0.29, 0.717) is 0 Å². The van der Waals surface area contributed by atoms with E-state index in [1.165, 1.54) is 49.1 Å². The molecule has 0 fully saturated rings. The van der Waals surface area contributed by atoms with Gasteiger partial charge in [0.25, 0.3) is 0 Å². The fourth-order valence-electron chi connectivity index (χ4n) is 7.08. The molecular formula is C38H22N4. The van der Waals surface area contributed by atoms with Crippen molar-refractivity contribution in [3.8, 4) is 28.3 Å². The zero-order chi connectivity index (χ0) is 27.4. The van der Waals surface area contributed by atoms with E-state index in [1.54, 1.807) is 0 Å².